The summed E-state index contributed by atoms with van der Waals surface area (Å²) in [6.07, 6.45) is 4.20. The Morgan fingerprint density at radius 1 is 1.14 bits per heavy atom. The van der Waals surface area contributed by atoms with Gasteiger partial charge in [-0.15, -0.1) is 0 Å². The van der Waals surface area contributed by atoms with Crippen LogP contribution in [0.2, 0.25) is 0 Å². The summed E-state index contributed by atoms with van der Waals surface area (Å²) < 4.78 is 12.1. The molecule has 0 amide bonds. The van der Waals surface area contributed by atoms with E-state index in [4.69, 9.17) is 19.4 Å². The Morgan fingerprint density at radius 2 is 1.97 bits per heavy atom. The van der Waals surface area contributed by atoms with Crippen LogP contribution < -0.4 is 20.3 Å². The molecule has 1 atom stereocenters. The zero-order valence-corrected chi connectivity index (χ0v) is 16.8. The van der Waals surface area contributed by atoms with E-state index in [0.29, 0.717) is 11.8 Å². The maximum Gasteiger partial charge on any atom is 0.165 e. The van der Waals surface area contributed by atoms with Gasteiger partial charge in [-0.05, 0) is 31.9 Å². The molecule has 2 aromatic heterocycles. The van der Waals surface area contributed by atoms with E-state index in [1.54, 1.807) is 0 Å². The van der Waals surface area contributed by atoms with Crippen LogP contribution >= 0.6 is 0 Å². The molecule has 3 fully saturated rings. The number of hydrogen-bond acceptors (Lipinski definition) is 7. The summed E-state index contributed by atoms with van der Waals surface area (Å²) in [5, 5.41) is 6.99. The fourth-order valence-electron chi connectivity index (χ4n) is 4.54. The summed E-state index contributed by atoms with van der Waals surface area (Å²) in [5.74, 6) is 2.83. The molecule has 1 unspecified atom stereocenters. The highest BCUT2D eigenvalue weighted by Gasteiger charge is 2.35. The molecule has 2 aromatic rings. The molecule has 5 heterocycles. The second-order valence-corrected chi connectivity index (χ2v) is 8.52. The van der Waals surface area contributed by atoms with Crippen molar-refractivity contribution in [2.24, 2.45) is 0 Å². The molecule has 2 saturated heterocycles. The maximum atomic E-state index is 6.60. The van der Waals surface area contributed by atoms with Crippen molar-refractivity contribution in [3.05, 3.63) is 35.3 Å². The average Bonchev–Trinajstić information content (AvgIpc) is 3.54. The number of rotatable bonds is 3. The van der Waals surface area contributed by atoms with Crippen molar-refractivity contribution in [3.8, 4) is 5.75 Å². The number of aromatic nitrogens is 2. The van der Waals surface area contributed by atoms with Crippen molar-refractivity contribution in [1.29, 1.82) is 0 Å². The normalized spacial score (nSPS) is 23.9. The van der Waals surface area contributed by atoms with Gasteiger partial charge in [0.1, 0.15) is 11.9 Å². The summed E-state index contributed by atoms with van der Waals surface area (Å²) in [7, 11) is 0. The lowest BCUT2D eigenvalue weighted by Crippen LogP contribution is -2.40. The lowest BCUT2D eigenvalue weighted by Gasteiger charge is -2.31. The molecule has 0 spiro atoms. The molecule has 7 nitrogen and oxygen atoms in total. The first-order chi connectivity index (χ1) is 14.3. The first-order valence-corrected chi connectivity index (χ1v) is 10.8. The van der Waals surface area contributed by atoms with Gasteiger partial charge in [-0.1, -0.05) is 0 Å². The average molecular weight is 393 g/mol. The van der Waals surface area contributed by atoms with Crippen LogP contribution in [0.25, 0.3) is 0 Å². The second kappa shape index (κ2) is 6.85. The molecule has 3 aliphatic heterocycles. The van der Waals surface area contributed by atoms with Crippen LogP contribution in [0.4, 0.5) is 17.2 Å². The smallest absolute Gasteiger partial charge is 0.165 e. The molecule has 1 saturated carbocycles. The monoisotopic (exact) mass is 393 g/mol. The van der Waals surface area contributed by atoms with Crippen LogP contribution in [0.5, 0.6) is 5.75 Å². The molecule has 1 aliphatic carbocycles. The molecule has 0 bridgehead atoms. The van der Waals surface area contributed by atoms with Gasteiger partial charge in [-0.25, -0.2) is 4.98 Å². The van der Waals surface area contributed by atoms with E-state index in [1.165, 1.54) is 24.2 Å². The van der Waals surface area contributed by atoms with Crippen molar-refractivity contribution >= 4 is 17.2 Å². The molecule has 29 heavy (non-hydrogen) atoms. The lowest BCUT2D eigenvalue weighted by molar-refractivity contribution is 0.122. The predicted molar refractivity (Wildman–Crippen MR) is 111 cm³/mol. The number of nitrogens with one attached hydrogen (secondary N) is 2. The van der Waals surface area contributed by atoms with Gasteiger partial charge >= 0.3 is 0 Å². The summed E-state index contributed by atoms with van der Waals surface area (Å²) >= 11 is 0. The zero-order valence-electron chi connectivity index (χ0n) is 16.8. The van der Waals surface area contributed by atoms with Gasteiger partial charge in [0, 0.05) is 55.6 Å². The minimum Gasteiger partial charge on any atom is -0.482 e. The van der Waals surface area contributed by atoms with Crippen LogP contribution in [0, 0.1) is 0 Å². The molecule has 7 heteroatoms. The van der Waals surface area contributed by atoms with E-state index in [0.717, 1.165) is 67.9 Å². The number of pyridine rings is 2. The van der Waals surface area contributed by atoms with Crippen LogP contribution in [-0.4, -0.2) is 49.4 Å². The van der Waals surface area contributed by atoms with Gasteiger partial charge < -0.3 is 25.0 Å². The first-order valence-electron chi connectivity index (χ1n) is 10.8. The largest absolute Gasteiger partial charge is 0.482 e. The molecule has 0 radical (unpaired) electrons. The minimum absolute atomic E-state index is 0.0965. The topological polar surface area (TPSA) is 71.5 Å². The summed E-state index contributed by atoms with van der Waals surface area (Å²) in [5.41, 5.74) is 5.63. The fraction of sp³-hybridized carbons (Fsp3) is 0.545. The Bertz CT molecular complexity index is 935. The Morgan fingerprint density at radius 3 is 2.69 bits per heavy atom. The third-order valence-electron chi connectivity index (χ3n) is 6.46. The van der Waals surface area contributed by atoms with E-state index in [1.807, 2.05) is 6.20 Å². The van der Waals surface area contributed by atoms with Crippen LogP contribution in [-0.2, 0) is 4.74 Å². The molecule has 6 rings (SSSR count). The van der Waals surface area contributed by atoms with E-state index in [9.17, 15) is 0 Å². The number of nitrogens with zero attached hydrogens (tertiary/aromatic N) is 3. The third-order valence-corrected chi connectivity index (χ3v) is 6.46. The molecular weight excluding hydrogens is 366 g/mol. The van der Waals surface area contributed by atoms with E-state index in [-0.39, 0.29) is 6.10 Å². The highest BCUT2D eigenvalue weighted by Crippen LogP contribution is 2.50. The summed E-state index contributed by atoms with van der Waals surface area (Å²) in [4.78, 5) is 12.2. The third kappa shape index (κ3) is 3.04. The van der Waals surface area contributed by atoms with Gasteiger partial charge in [-0.2, -0.15) is 0 Å². The molecule has 152 valence electrons. The van der Waals surface area contributed by atoms with Crippen LogP contribution in [0.1, 0.15) is 54.7 Å². The fourth-order valence-corrected chi connectivity index (χ4v) is 4.54. The number of morpholine rings is 1. The lowest BCUT2D eigenvalue weighted by atomic mass is 9.97. The Labute approximate surface area is 170 Å². The Balaban J connectivity index is 1.44. The SMILES string of the molecule is CC1Oc2c(cc(C3CNC3)nc2C2CC2)Nc2nccc(N3CCOCC3)c21. The first kappa shape index (κ1) is 17.5. The second-order valence-electron chi connectivity index (χ2n) is 8.52. The van der Waals surface area contributed by atoms with Gasteiger partial charge in [0.25, 0.3) is 0 Å². The number of hydrogen-bond donors (Lipinski definition) is 2. The van der Waals surface area contributed by atoms with Gasteiger partial charge in [0.05, 0.1) is 30.2 Å². The zero-order chi connectivity index (χ0) is 19.4. The highest BCUT2D eigenvalue weighted by atomic mass is 16.5. The van der Waals surface area contributed by atoms with E-state index < -0.39 is 0 Å². The number of ether oxygens (including phenoxy) is 2. The minimum atomic E-state index is -0.0965. The summed E-state index contributed by atoms with van der Waals surface area (Å²) in [6.45, 7) is 7.44. The van der Waals surface area contributed by atoms with Crippen LogP contribution in [0.15, 0.2) is 18.3 Å². The number of fused-ring (bicyclic) bond motifs is 2. The quantitative estimate of drug-likeness (QED) is 0.830. The molecule has 4 aliphatic rings. The summed E-state index contributed by atoms with van der Waals surface area (Å²) in [6, 6.07) is 4.28. The Kier molecular flexibility index (Phi) is 4.13. The molecular formula is C22H27N5O2. The van der Waals surface area contributed by atoms with Gasteiger partial charge in [-0.3, -0.25) is 4.98 Å². The van der Waals surface area contributed by atoms with E-state index in [2.05, 4.69) is 34.6 Å². The van der Waals surface area contributed by atoms with Gasteiger partial charge in [0.2, 0.25) is 0 Å². The van der Waals surface area contributed by atoms with Gasteiger partial charge in [0.15, 0.2) is 5.75 Å². The van der Waals surface area contributed by atoms with Crippen molar-refractivity contribution < 1.29 is 9.47 Å². The van der Waals surface area contributed by atoms with Crippen molar-refractivity contribution in [3.63, 3.8) is 0 Å². The molecule has 0 aromatic carbocycles. The Hall–Kier alpha value is -2.38. The van der Waals surface area contributed by atoms with Crippen molar-refractivity contribution in [2.75, 3.05) is 49.6 Å². The number of anilines is 3. The maximum absolute atomic E-state index is 6.60. The highest BCUT2D eigenvalue weighted by molar-refractivity contribution is 5.75. The predicted octanol–water partition coefficient (Wildman–Crippen LogP) is 3.07. The van der Waals surface area contributed by atoms with Crippen LogP contribution in [0.3, 0.4) is 0 Å². The van der Waals surface area contributed by atoms with Crippen molar-refractivity contribution in [2.45, 2.75) is 37.7 Å². The standard InChI is InChI=1S/C22H27N5O2/c1-13-19-18(27-6-8-28-9-7-27)4-5-24-22(19)26-17-10-16(15-11-23-12-15)25-20(14-2-3-14)21(17)29-13/h4-5,10,13-15,23H,2-3,6-9,11-12H2,1H3,(H,24,26). The van der Waals surface area contributed by atoms with E-state index >= 15 is 0 Å². The van der Waals surface area contributed by atoms with Crippen molar-refractivity contribution in [1.82, 2.24) is 15.3 Å². The molecule has 2 N–H and O–H groups in total.